The molecular formula is C18H21F4. The van der Waals surface area contributed by atoms with E-state index in [1.165, 1.54) is 0 Å². The van der Waals surface area contributed by atoms with Gasteiger partial charge in [0.15, 0.2) is 17.5 Å². The smallest absolute Gasteiger partial charge is 0.194 e. The van der Waals surface area contributed by atoms with Crippen LogP contribution in [0.1, 0.15) is 51.0 Å². The van der Waals surface area contributed by atoms with Gasteiger partial charge in [-0.3, -0.25) is 0 Å². The first kappa shape index (κ1) is 17.0. The fourth-order valence-electron chi connectivity index (χ4n) is 2.87. The number of allylic oxidation sites excluding steroid dienone is 2. The van der Waals surface area contributed by atoms with Gasteiger partial charge in [0, 0.05) is 5.92 Å². The van der Waals surface area contributed by atoms with Crippen molar-refractivity contribution in [3.05, 3.63) is 53.2 Å². The molecule has 1 aliphatic carbocycles. The summed E-state index contributed by atoms with van der Waals surface area (Å²) in [5, 5.41) is 0. The largest absolute Gasteiger partial charge is 0.246 e. The van der Waals surface area contributed by atoms with Gasteiger partial charge in [-0.15, -0.1) is 0 Å². The molecule has 1 aromatic carbocycles. The maximum Gasteiger partial charge on any atom is 0.194 e. The van der Waals surface area contributed by atoms with Crippen molar-refractivity contribution in [2.24, 2.45) is 5.92 Å². The summed E-state index contributed by atoms with van der Waals surface area (Å²) in [7, 11) is 0. The first-order chi connectivity index (χ1) is 10.5. The number of hydrogen-bond acceptors (Lipinski definition) is 0. The summed E-state index contributed by atoms with van der Waals surface area (Å²) in [6.45, 7) is 2.12. The summed E-state index contributed by atoms with van der Waals surface area (Å²) in [6.07, 6.45) is 7.64. The third-order valence-electron chi connectivity index (χ3n) is 4.16. The molecule has 0 bridgehead atoms. The maximum absolute atomic E-state index is 14.3. The molecule has 1 fully saturated rings. The predicted molar refractivity (Wildman–Crippen MR) is 79.6 cm³/mol. The highest BCUT2D eigenvalue weighted by Crippen LogP contribution is 2.38. The molecule has 0 spiro atoms. The van der Waals surface area contributed by atoms with Gasteiger partial charge in [0.25, 0.3) is 0 Å². The van der Waals surface area contributed by atoms with Crippen LogP contribution in [0.3, 0.4) is 0 Å². The van der Waals surface area contributed by atoms with Crippen molar-refractivity contribution in [3.8, 4) is 0 Å². The lowest BCUT2D eigenvalue weighted by molar-refractivity contribution is 0.253. The lowest BCUT2D eigenvalue weighted by atomic mass is 9.77. The Bertz CT molecular complexity index is 501. The van der Waals surface area contributed by atoms with Gasteiger partial charge >= 0.3 is 0 Å². The van der Waals surface area contributed by atoms with Crippen LogP contribution in [0.25, 0.3) is 0 Å². The van der Waals surface area contributed by atoms with Gasteiger partial charge in [-0.1, -0.05) is 31.9 Å². The molecule has 1 aliphatic rings. The summed E-state index contributed by atoms with van der Waals surface area (Å²) >= 11 is 0. The summed E-state index contributed by atoms with van der Waals surface area (Å²) in [6, 6.07) is 1.77. The van der Waals surface area contributed by atoms with Gasteiger partial charge in [0.1, 0.15) is 6.17 Å². The molecule has 0 nitrogen and oxygen atoms in total. The third-order valence-corrected chi connectivity index (χ3v) is 4.16. The predicted octanol–water partition coefficient (Wildman–Crippen LogP) is 5.91. The van der Waals surface area contributed by atoms with Crippen LogP contribution in [-0.2, 0) is 0 Å². The van der Waals surface area contributed by atoms with Gasteiger partial charge in [0.05, 0.1) is 0 Å². The van der Waals surface area contributed by atoms with E-state index < -0.39 is 23.6 Å². The van der Waals surface area contributed by atoms with Gasteiger partial charge in [-0.25, -0.2) is 17.6 Å². The molecule has 4 heteroatoms. The summed E-state index contributed by atoms with van der Waals surface area (Å²) < 4.78 is 53.8. The second-order valence-corrected chi connectivity index (χ2v) is 5.85. The highest BCUT2D eigenvalue weighted by atomic mass is 19.2. The number of benzene rings is 1. The van der Waals surface area contributed by atoms with E-state index in [2.05, 4.69) is 13.0 Å². The van der Waals surface area contributed by atoms with E-state index in [0.717, 1.165) is 37.8 Å². The minimum atomic E-state index is -1.51. The monoisotopic (exact) mass is 313 g/mol. The summed E-state index contributed by atoms with van der Waals surface area (Å²) in [5.41, 5.74) is 0.136. The van der Waals surface area contributed by atoms with Crippen molar-refractivity contribution in [1.29, 1.82) is 0 Å². The molecular weight excluding hydrogens is 292 g/mol. The zero-order chi connectivity index (χ0) is 16.1. The molecule has 0 saturated heterocycles. The molecule has 121 valence electrons. The SMILES string of the molecule is CCCC/C=C/C1CC[C](c2cc(F)c(F)c(F)c2)C(F)C1. The van der Waals surface area contributed by atoms with Crippen molar-refractivity contribution < 1.29 is 17.6 Å². The Labute approximate surface area is 129 Å². The highest BCUT2D eigenvalue weighted by molar-refractivity contribution is 5.35. The van der Waals surface area contributed by atoms with E-state index in [-0.39, 0.29) is 11.5 Å². The highest BCUT2D eigenvalue weighted by Gasteiger charge is 2.32. The Morgan fingerprint density at radius 3 is 2.45 bits per heavy atom. The van der Waals surface area contributed by atoms with E-state index in [9.17, 15) is 17.6 Å². The van der Waals surface area contributed by atoms with Crippen LogP contribution >= 0.6 is 0 Å². The van der Waals surface area contributed by atoms with Crippen LogP contribution in [0.15, 0.2) is 24.3 Å². The number of unbranched alkanes of at least 4 members (excludes halogenated alkanes) is 2. The molecule has 2 unspecified atom stereocenters. The molecule has 0 aromatic heterocycles. The average Bonchev–Trinajstić information content (AvgIpc) is 2.49. The van der Waals surface area contributed by atoms with E-state index in [0.29, 0.717) is 18.8 Å². The van der Waals surface area contributed by atoms with Crippen molar-refractivity contribution in [2.45, 2.75) is 51.6 Å². The normalized spacial score (nSPS) is 23.3. The molecule has 0 N–H and O–H groups in total. The number of rotatable bonds is 5. The van der Waals surface area contributed by atoms with Gasteiger partial charge in [-0.05, 0) is 49.3 Å². The molecule has 2 atom stereocenters. The van der Waals surface area contributed by atoms with Gasteiger partial charge < -0.3 is 0 Å². The second-order valence-electron chi connectivity index (χ2n) is 5.85. The molecule has 22 heavy (non-hydrogen) atoms. The van der Waals surface area contributed by atoms with Crippen molar-refractivity contribution in [1.82, 2.24) is 0 Å². The zero-order valence-corrected chi connectivity index (χ0v) is 12.7. The van der Waals surface area contributed by atoms with Crippen LogP contribution in [0, 0.1) is 29.3 Å². The standard InChI is InChI=1S/C18H21F4/c1-2-3-4-5-6-12-7-8-14(15(19)9-12)13-10-16(20)18(22)17(21)11-13/h5-6,10-12,15H,2-4,7-9H2,1H3/b6-5+. The Kier molecular flexibility index (Phi) is 6.04. The lowest BCUT2D eigenvalue weighted by Gasteiger charge is -2.30. The number of hydrogen-bond donors (Lipinski definition) is 0. The molecule has 1 radical (unpaired) electrons. The van der Waals surface area contributed by atoms with Crippen LogP contribution in [-0.4, -0.2) is 6.17 Å². The number of halogens is 4. The maximum atomic E-state index is 14.3. The first-order valence-electron chi connectivity index (χ1n) is 7.84. The molecule has 0 aliphatic heterocycles. The van der Waals surface area contributed by atoms with E-state index in [1.54, 1.807) is 0 Å². The Morgan fingerprint density at radius 2 is 1.86 bits per heavy atom. The van der Waals surface area contributed by atoms with Crippen molar-refractivity contribution >= 4 is 0 Å². The Hall–Kier alpha value is -1.32. The molecule has 0 heterocycles. The fraction of sp³-hybridized carbons (Fsp3) is 0.500. The van der Waals surface area contributed by atoms with Gasteiger partial charge in [0.2, 0.25) is 0 Å². The van der Waals surface area contributed by atoms with Gasteiger partial charge in [-0.2, -0.15) is 0 Å². The fourth-order valence-corrected chi connectivity index (χ4v) is 2.87. The van der Waals surface area contributed by atoms with Crippen LogP contribution in [0.4, 0.5) is 17.6 Å². The summed E-state index contributed by atoms with van der Waals surface area (Å²) in [4.78, 5) is 0. The van der Waals surface area contributed by atoms with E-state index in [4.69, 9.17) is 0 Å². The quantitative estimate of drug-likeness (QED) is 0.274. The van der Waals surface area contributed by atoms with Crippen LogP contribution in [0.5, 0.6) is 0 Å². The minimum absolute atomic E-state index is 0.136. The zero-order valence-electron chi connectivity index (χ0n) is 12.7. The van der Waals surface area contributed by atoms with E-state index >= 15 is 0 Å². The van der Waals surface area contributed by atoms with Crippen molar-refractivity contribution in [3.63, 3.8) is 0 Å². The topological polar surface area (TPSA) is 0 Å². The number of alkyl halides is 1. The molecule has 0 amide bonds. The molecule has 2 rings (SSSR count). The summed E-state index contributed by atoms with van der Waals surface area (Å²) in [5.74, 6) is -3.51. The lowest BCUT2D eigenvalue weighted by Crippen LogP contribution is -2.25. The third kappa shape index (κ3) is 4.11. The van der Waals surface area contributed by atoms with Crippen LogP contribution in [0.2, 0.25) is 0 Å². The van der Waals surface area contributed by atoms with E-state index in [1.807, 2.05) is 6.08 Å². The molecule has 1 aromatic rings. The van der Waals surface area contributed by atoms with Crippen molar-refractivity contribution in [2.75, 3.05) is 0 Å². The second kappa shape index (κ2) is 7.80. The Balaban J connectivity index is 2.00. The van der Waals surface area contributed by atoms with Crippen LogP contribution < -0.4 is 0 Å². The molecule has 1 saturated carbocycles. The minimum Gasteiger partial charge on any atom is -0.246 e. The Morgan fingerprint density at radius 1 is 1.18 bits per heavy atom. The average molecular weight is 313 g/mol. The first-order valence-corrected chi connectivity index (χ1v) is 7.84.